The predicted molar refractivity (Wildman–Crippen MR) is 111 cm³/mol. The highest BCUT2D eigenvalue weighted by Gasteiger charge is 2.37. The lowest BCUT2D eigenvalue weighted by Gasteiger charge is -2.27. The molecule has 6 heteroatoms. The summed E-state index contributed by atoms with van der Waals surface area (Å²) in [5.41, 5.74) is 0.700. The van der Waals surface area contributed by atoms with Crippen LogP contribution in [0.5, 0.6) is 5.75 Å². The summed E-state index contributed by atoms with van der Waals surface area (Å²) in [7, 11) is 0. The Bertz CT molecular complexity index is 698. The minimum Gasteiger partial charge on any atom is -0.491 e. The average Bonchev–Trinajstić information content (AvgIpc) is 2.90. The molecule has 0 spiro atoms. The van der Waals surface area contributed by atoms with Crippen LogP contribution in [0.2, 0.25) is 0 Å². The number of likely N-dealkylation sites (tertiary alicyclic amines) is 1. The molecular weight excluding hydrogens is 368 g/mol. The normalized spacial score (nSPS) is 21.9. The maximum Gasteiger partial charge on any atom is 0.225 e. The van der Waals surface area contributed by atoms with E-state index in [4.69, 9.17) is 4.74 Å². The molecule has 3 rings (SSSR count). The van der Waals surface area contributed by atoms with Crippen LogP contribution in [-0.2, 0) is 9.59 Å². The van der Waals surface area contributed by atoms with Gasteiger partial charge in [0.05, 0.1) is 18.1 Å². The average molecular weight is 403 g/mol. The highest BCUT2D eigenvalue weighted by Crippen LogP contribution is 2.28. The number of rotatable bonds is 7. The van der Waals surface area contributed by atoms with Gasteiger partial charge in [-0.1, -0.05) is 37.8 Å². The van der Waals surface area contributed by atoms with Gasteiger partial charge in [-0.3, -0.25) is 9.59 Å². The predicted octanol–water partition coefficient (Wildman–Crippen LogP) is 3.19. The first-order valence-electron chi connectivity index (χ1n) is 11.0. The summed E-state index contributed by atoms with van der Waals surface area (Å²) in [6.07, 6.45) is 6.42. The number of carbonyl (C=O) groups is 2. The molecule has 2 amide bonds. The van der Waals surface area contributed by atoms with Crippen molar-refractivity contribution >= 4 is 11.8 Å². The van der Waals surface area contributed by atoms with Crippen molar-refractivity contribution in [1.82, 2.24) is 10.2 Å². The van der Waals surface area contributed by atoms with Gasteiger partial charge in [0.2, 0.25) is 11.8 Å². The number of amides is 2. The summed E-state index contributed by atoms with van der Waals surface area (Å²) < 4.78 is 5.66. The van der Waals surface area contributed by atoms with Crippen LogP contribution >= 0.6 is 0 Å². The van der Waals surface area contributed by atoms with E-state index in [1.807, 2.05) is 36.9 Å². The Morgan fingerprint density at radius 3 is 2.66 bits per heavy atom. The van der Waals surface area contributed by atoms with Gasteiger partial charge in [0.25, 0.3) is 0 Å². The highest BCUT2D eigenvalue weighted by atomic mass is 16.5. The number of carbonyl (C=O) groups excluding carboxylic acids is 2. The first kappa shape index (κ1) is 21.6. The summed E-state index contributed by atoms with van der Waals surface area (Å²) in [5.74, 6) is 0.316. The Kier molecular flexibility index (Phi) is 7.53. The molecule has 1 aromatic carbocycles. The van der Waals surface area contributed by atoms with Crippen LogP contribution in [0.3, 0.4) is 0 Å². The van der Waals surface area contributed by atoms with Gasteiger partial charge in [0.1, 0.15) is 5.75 Å². The maximum atomic E-state index is 12.6. The van der Waals surface area contributed by atoms with Crippen molar-refractivity contribution in [2.75, 3.05) is 13.1 Å². The van der Waals surface area contributed by atoms with E-state index in [2.05, 4.69) is 5.32 Å². The quantitative estimate of drug-likeness (QED) is 0.687. The van der Waals surface area contributed by atoms with Crippen molar-refractivity contribution in [2.45, 2.75) is 77.0 Å². The number of nitrogens with one attached hydrogen (secondary N) is 1. The number of aliphatic hydroxyl groups excluding tert-OH is 1. The molecule has 2 unspecified atom stereocenters. The third-order valence-electron chi connectivity index (χ3n) is 5.88. The summed E-state index contributed by atoms with van der Waals surface area (Å²) in [4.78, 5) is 27.0. The van der Waals surface area contributed by atoms with Gasteiger partial charge in [0.15, 0.2) is 0 Å². The molecule has 0 radical (unpaired) electrons. The Morgan fingerprint density at radius 1 is 1.24 bits per heavy atom. The fourth-order valence-corrected chi connectivity index (χ4v) is 4.36. The minimum atomic E-state index is -0.815. The van der Waals surface area contributed by atoms with E-state index >= 15 is 0 Å². The van der Waals surface area contributed by atoms with Crippen LogP contribution in [0.4, 0.5) is 0 Å². The highest BCUT2D eigenvalue weighted by molar-refractivity contribution is 5.89. The fourth-order valence-electron chi connectivity index (χ4n) is 4.36. The van der Waals surface area contributed by atoms with Crippen LogP contribution in [0.1, 0.15) is 70.5 Å². The van der Waals surface area contributed by atoms with Crippen molar-refractivity contribution in [3.63, 3.8) is 0 Å². The zero-order chi connectivity index (χ0) is 20.8. The maximum absolute atomic E-state index is 12.6. The monoisotopic (exact) mass is 402 g/mol. The molecule has 0 bridgehead atoms. The van der Waals surface area contributed by atoms with Crippen LogP contribution < -0.4 is 10.1 Å². The molecule has 2 aliphatic rings. The largest absolute Gasteiger partial charge is 0.491 e. The van der Waals surface area contributed by atoms with Gasteiger partial charge in [-0.15, -0.1) is 0 Å². The third-order valence-corrected chi connectivity index (χ3v) is 5.88. The van der Waals surface area contributed by atoms with Crippen LogP contribution in [0, 0.1) is 5.92 Å². The van der Waals surface area contributed by atoms with E-state index in [-0.39, 0.29) is 42.8 Å². The minimum absolute atomic E-state index is 0.0541. The molecule has 0 aromatic heterocycles. The SMILES string of the molecule is CC(C)Oc1cccc(C(O)CNC(=O)C2CC(=O)N(C3CCCCCC3)C2)c1. The molecule has 2 N–H and O–H groups in total. The zero-order valence-electron chi connectivity index (χ0n) is 17.6. The van der Waals surface area contributed by atoms with E-state index in [1.54, 1.807) is 6.07 Å². The van der Waals surface area contributed by atoms with Crippen LogP contribution in [0.25, 0.3) is 0 Å². The van der Waals surface area contributed by atoms with Gasteiger partial charge in [-0.05, 0) is 44.4 Å². The standard InChI is InChI=1S/C23H34N2O4/c1-16(2)29-20-11-7-8-17(12-20)21(26)14-24-23(28)18-13-22(27)25(15-18)19-9-5-3-4-6-10-19/h7-8,11-12,16,18-19,21,26H,3-6,9-10,13-15H2,1-2H3,(H,24,28). The summed E-state index contributed by atoms with van der Waals surface area (Å²) in [6, 6.07) is 7.58. The fraction of sp³-hybridized carbons (Fsp3) is 0.652. The second-order valence-corrected chi connectivity index (χ2v) is 8.59. The molecule has 29 heavy (non-hydrogen) atoms. The van der Waals surface area contributed by atoms with Crippen molar-refractivity contribution in [1.29, 1.82) is 0 Å². The number of hydrogen-bond donors (Lipinski definition) is 2. The lowest BCUT2D eigenvalue weighted by atomic mass is 10.1. The van der Waals surface area contributed by atoms with Gasteiger partial charge in [-0.25, -0.2) is 0 Å². The molecule has 1 saturated heterocycles. The molecule has 1 aromatic rings. The zero-order valence-corrected chi connectivity index (χ0v) is 17.6. The summed E-state index contributed by atoms with van der Waals surface area (Å²) >= 11 is 0. The number of hydrogen-bond acceptors (Lipinski definition) is 4. The van der Waals surface area contributed by atoms with Crippen molar-refractivity contribution in [3.8, 4) is 5.75 Å². The van der Waals surface area contributed by atoms with E-state index in [0.717, 1.165) is 25.7 Å². The van der Waals surface area contributed by atoms with Crippen molar-refractivity contribution < 1.29 is 19.4 Å². The summed E-state index contributed by atoms with van der Waals surface area (Å²) in [6.45, 7) is 4.52. The first-order valence-corrected chi connectivity index (χ1v) is 11.0. The molecule has 1 aliphatic heterocycles. The van der Waals surface area contributed by atoms with Gasteiger partial charge in [-0.2, -0.15) is 0 Å². The van der Waals surface area contributed by atoms with Gasteiger partial charge >= 0.3 is 0 Å². The van der Waals surface area contributed by atoms with E-state index in [1.165, 1.54) is 12.8 Å². The number of aliphatic hydroxyl groups is 1. The molecule has 2 fully saturated rings. The first-order chi connectivity index (χ1) is 13.9. The van der Waals surface area contributed by atoms with Crippen LogP contribution in [0.15, 0.2) is 24.3 Å². The van der Waals surface area contributed by atoms with Crippen LogP contribution in [-0.4, -0.2) is 47.1 Å². The van der Waals surface area contributed by atoms with Gasteiger partial charge < -0.3 is 20.1 Å². The Labute approximate surface area is 173 Å². The van der Waals surface area contributed by atoms with E-state index < -0.39 is 6.10 Å². The second kappa shape index (κ2) is 10.1. The third kappa shape index (κ3) is 5.95. The Hall–Kier alpha value is -2.08. The Morgan fingerprint density at radius 2 is 1.97 bits per heavy atom. The molecule has 2 atom stereocenters. The molecule has 1 saturated carbocycles. The second-order valence-electron chi connectivity index (χ2n) is 8.59. The molecule has 160 valence electrons. The smallest absolute Gasteiger partial charge is 0.225 e. The Balaban J connectivity index is 1.51. The number of nitrogens with zero attached hydrogens (tertiary/aromatic N) is 1. The summed E-state index contributed by atoms with van der Waals surface area (Å²) in [5, 5.41) is 13.3. The molecule has 1 heterocycles. The van der Waals surface area contributed by atoms with Gasteiger partial charge in [0, 0.05) is 25.6 Å². The lowest BCUT2D eigenvalue weighted by molar-refractivity contribution is -0.130. The topological polar surface area (TPSA) is 78.9 Å². The molecule has 6 nitrogen and oxygen atoms in total. The van der Waals surface area contributed by atoms with Crippen molar-refractivity contribution in [3.05, 3.63) is 29.8 Å². The molecule has 1 aliphatic carbocycles. The lowest BCUT2D eigenvalue weighted by Crippen LogP contribution is -2.38. The molecular formula is C23H34N2O4. The van der Waals surface area contributed by atoms with E-state index in [0.29, 0.717) is 17.9 Å². The number of benzene rings is 1. The van der Waals surface area contributed by atoms with Crippen molar-refractivity contribution in [2.24, 2.45) is 5.92 Å². The van der Waals surface area contributed by atoms with E-state index in [9.17, 15) is 14.7 Å². The number of ether oxygens (including phenoxy) is 1.